The molecule has 2 heterocycles. The summed E-state index contributed by atoms with van der Waals surface area (Å²) >= 11 is 0. The van der Waals surface area contributed by atoms with Crippen LogP contribution in [0.2, 0.25) is 0 Å². The number of hydrogen-bond donors (Lipinski definition) is 2. The van der Waals surface area contributed by atoms with Gasteiger partial charge in [0.2, 0.25) is 5.91 Å². The van der Waals surface area contributed by atoms with Crippen LogP contribution in [0.4, 0.5) is 0 Å². The molecule has 86 valence electrons. The molecule has 3 N–H and O–H groups in total. The van der Waals surface area contributed by atoms with Gasteiger partial charge in [-0.1, -0.05) is 0 Å². The first-order chi connectivity index (χ1) is 7.69. The van der Waals surface area contributed by atoms with Crippen LogP contribution in [0.5, 0.6) is 0 Å². The van der Waals surface area contributed by atoms with Crippen LogP contribution in [-0.2, 0) is 17.8 Å². The van der Waals surface area contributed by atoms with Crippen LogP contribution in [0, 0.1) is 0 Å². The summed E-state index contributed by atoms with van der Waals surface area (Å²) in [5.74, 6) is 0.491. The molecule has 16 heavy (non-hydrogen) atoms. The fourth-order valence-corrected chi connectivity index (χ4v) is 1.53. The Morgan fingerprint density at radius 1 is 1.69 bits per heavy atom. The van der Waals surface area contributed by atoms with Gasteiger partial charge in [-0.05, 0) is 19.1 Å². The monoisotopic (exact) mass is 221 g/mol. The first-order valence-corrected chi connectivity index (χ1v) is 5.24. The first kappa shape index (κ1) is 10.5. The number of carbonyl (C=O) groups excluding carboxylic acids is 1. The molecular formula is C10H15N5O. The van der Waals surface area contributed by atoms with Crippen LogP contribution in [0.1, 0.15) is 12.6 Å². The Bertz CT molecular complexity index is 423. The zero-order chi connectivity index (χ0) is 11.5. The molecule has 0 unspecified atom stereocenters. The largest absolute Gasteiger partial charge is 0.384 e. The van der Waals surface area contributed by atoms with Gasteiger partial charge in [0.15, 0.2) is 0 Å². The first-order valence-electron chi connectivity index (χ1n) is 5.24. The SMILES string of the molecule is CCn1ccc(CC(=O)N2CC=C(N)N2)n1. The number of nitrogens with one attached hydrogen (secondary N) is 1. The van der Waals surface area contributed by atoms with Crippen LogP contribution in [0.25, 0.3) is 0 Å². The molecule has 0 radical (unpaired) electrons. The summed E-state index contributed by atoms with van der Waals surface area (Å²) in [4.78, 5) is 11.8. The minimum Gasteiger partial charge on any atom is -0.384 e. The molecule has 0 atom stereocenters. The second kappa shape index (κ2) is 4.26. The Labute approximate surface area is 93.7 Å². The summed E-state index contributed by atoms with van der Waals surface area (Å²) in [7, 11) is 0. The van der Waals surface area contributed by atoms with Gasteiger partial charge >= 0.3 is 0 Å². The van der Waals surface area contributed by atoms with Crippen LogP contribution in [0.15, 0.2) is 24.2 Å². The van der Waals surface area contributed by atoms with Crippen LogP contribution < -0.4 is 11.2 Å². The molecule has 2 rings (SSSR count). The predicted molar refractivity (Wildman–Crippen MR) is 58.7 cm³/mol. The summed E-state index contributed by atoms with van der Waals surface area (Å²) in [6, 6.07) is 1.86. The van der Waals surface area contributed by atoms with E-state index < -0.39 is 0 Å². The molecule has 1 aliphatic rings. The number of hydrazine groups is 1. The van der Waals surface area contributed by atoms with Crippen molar-refractivity contribution in [2.45, 2.75) is 19.9 Å². The molecule has 0 aliphatic carbocycles. The molecule has 6 nitrogen and oxygen atoms in total. The van der Waals surface area contributed by atoms with Crippen molar-refractivity contribution in [1.29, 1.82) is 0 Å². The Hall–Kier alpha value is -1.98. The molecule has 0 spiro atoms. The van der Waals surface area contributed by atoms with Crippen molar-refractivity contribution >= 4 is 5.91 Å². The summed E-state index contributed by atoms with van der Waals surface area (Å²) in [5, 5.41) is 5.74. The lowest BCUT2D eigenvalue weighted by Gasteiger charge is -2.16. The molecule has 0 bridgehead atoms. The highest BCUT2D eigenvalue weighted by Crippen LogP contribution is 2.03. The van der Waals surface area contributed by atoms with Gasteiger partial charge in [-0.3, -0.25) is 19.9 Å². The van der Waals surface area contributed by atoms with Crippen molar-refractivity contribution in [3.63, 3.8) is 0 Å². The number of nitrogens with zero attached hydrogens (tertiary/aromatic N) is 3. The summed E-state index contributed by atoms with van der Waals surface area (Å²) in [5.41, 5.74) is 9.08. The van der Waals surface area contributed by atoms with Crippen molar-refractivity contribution in [3.8, 4) is 0 Å². The molecule has 0 saturated carbocycles. The van der Waals surface area contributed by atoms with Gasteiger partial charge in [0.25, 0.3) is 0 Å². The zero-order valence-electron chi connectivity index (χ0n) is 9.18. The highest BCUT2D eigenvalue weighted by Gasteiger charge is 2.18. The lowest BCUT2D eigenvalue weighted by molar-refractivity contribution is -0.131. The van der Waals surface area contributed by atoms with E-state index in [1.165, 1.54) is 5.01 Å². The molecule has 0 aromatic carbocycles. The number of amides is 1. The summed E-state index contributed by atoms with van der Waals surface area (Å²) in [6.07, 6.45) is 3.93. The van der Waals surface area contributed by atoms with Gasteiger partial charge in [-0.25, -0.2) is 0 Å². The minimum atomic E-state index is -0.0296. The van der Waals surface area contributed by atoms with E-state index in [1.54, 1.807) is 10.8 Å². The van der Waals surface area contributed by atoms with Gasteiger partial charge in [0.1, 0.15) is 5.82 Å². The number of nitrogens with two attached hydrogens (primary N) is 1. The Morgan fingerprint density at radius 2 is 2.50 bits per heavy atom. The van der Waals surface area contributed by atoms with E-state index in [1.807, 2.05) is 19.2 Å². The average molecular weight is 221 g/mol. The molecule has 1 aliphatic heterocycles. The fraction of sp³-hybridized carbons (Fsp3) is 0.400. The molecule has 6 heteroatoms. The number of carbonyl (C=O) groups is 1. The lowest BCUT2D eigenvalue weighted by Crippen LogP contribution is -2.40. The van der Waals surface area contributed by atoms with Crippen molar-refractivity contribution < 1.29 is 4.79 Å². The molecule has 0 fully saturated rings. The quantitative estimate of drug-likeness (QED) is 0.727. The third-order valence-corrected chi connectivity index (χ3v) is 2.41. The Morgan fingerprint density at radius 3 is 3.06 bits per heavy atom. The standard InChI is InChI=1S/C10H15N5O/c1-2-14-5-3-8(12-14)7-10(16)15-6-4-9(11)13-15/h3-5,13H,2,6-7,11H2,1H3. The highest BCUT2D eigenvalue weighted by molar-refractivity contribution is 5.78. The van der Waals surface area contributed by atoms with E-state index in [-0.39, 0.29) is 5.91 Å². The normalized spacial score (nSPS) is 14.8. The van der Waals surface area contributed by atoms with E-state index in [9.17, 15) is 4.79 Å². The third kappa shape index (κ3) is 2.16. The van der Waals surface area contributed by atoms with E-state index in [4.69, 9.17) is 5.73 Å². The average Bonchev–Trinajstić information content (AvgIpc) is 2.87. The maximum Gasteiger partial charge on any atom is 0.247 e. The number of rotatable bonds is 3. The second-order valence-electron chi connectivity index (χ2n) is 3.62. The van der Waals surface area contributed by atoms with E-state index in [2.05, 4.69) is 10.5 Å². The van der Waals surface area contributed by atoms with E-state index in [0.29, 0.717) is 18.8 Å². The second-order valence-corrected chi connectivity index (χ2v) is 3.62. The maximum atomic E-state index is 11.8. The van der Waals surface area contributed by atoms with Crippen LogP contribution in [-0.4, -0.2) is 27.2 Å². The number of aromatic nitrogens is 2. The van der Waals surface area contributed by atoms with E-state index in [0.717, 1.165) is 12.2 Å². The summed E-state index contributed by atoms with van der Waals surface area (Å²) in [6.45, 7) is 3.33. The molecule has 0 saturated heterocycles. The number of aryl methyl sites for hydroxylation is 1. The molecule has 1 amide bonds. The highest BCUT2D eigenvalue weighted by atomic mass is 16.2. The van der Waals surface area contributed by atoms with Gasteiger partial charge < -0.3 is 5.73 Å². The topological polar surface area (TPSA) is 76.2 Å². The summed E-state index contributed by atoms with van der Waals surface area (Å²) < 4.78 is 1.80. The van der Waals surface area contributed by atoms with Gasteiger partial charge in [-0.2, -0.15) is 5.10 Å². The Balaban J connectivity index is 1.92. The zero-order valence-corrected chi connectivity index (χ0v) is 9.18. The lowest BCUT2D eigenvalue weighted by atomic mass is 10.3. The van der Waals surface area contributed by atoms with Crippen molar-refractivity contribution in [2.24, 2.45) is 5.73 Å². The van der Waals surface area contributed by atoms with Crippen molar-refractivity contribution in [2.75, 3.05) is 6.54 Å². The van der Waals surface area contributed by atoms with Gasteiger partial charge in [0, 0.05) is 12.7 Å². The van der Waals surface area contributed by atoms with Crippen molar-refractivity contribution in [3.05, 3.63) is 29.9 Å². The molecule has 1 aromatic rings. The third-order valence-electron chi connectivity index (χ3n) is 2.41. The van der Waals surface area contributed by atoms with Gasteiger partial charge in [0.05, 0.1) is 18.7 Å². The van der Waals surface area contributed by atoms with Crippen molar-refractivity contribution in [1.82, 2.24) is 20.2 Å². The number of hydrogen-bond acceptors (Lipinski definition) is 4. The molecular weight excluding hydrogens is 206 g/mol. The predicted octanol–water partition coefficient (Wildman–Crippen LogP) is -0.408. The molecule has 1 aromatic heterocycles. The van der Waals surface area contributed by atoms with Crippen LogP contribution >= 0.6 is 0 Å². The maximum absolute atomic E-state index is 11.8. The fourth-order valence-electron chi connectivity index (χ4n) is 1.53. The Kier molecular flexibility index (Phi) is 2.80. The van der Waals surface area contributed by atoms with Gasteiger partial charge in [-0.15, -0.1) is 0 Å². The minimum absolute atomic E-state index is 0.0296. The van der Waals surface area contributed by atoms with E-state index >= 15 is 0 Å². The van der Waals surface area contributed by atoms with Crippen LogP contribution in [0.3, 0.4) is 0 Å². The smallest absolute Gasteiger partial charge is 0.247 e.